The van der Waals surface area contributed by atoms with Crippen molar-refractivity contribution in [3.63, 3.8) is 0 Å². The fraction of sp³-hybridized carbons (Fsp3) is 0.619. The smallest absolute Gasteiger partial charge is 0.170 e. The van der Waals surface area contributed by atoms with Crippen LogP contribution >= 0.6 is 11.6 Å². The molecule has 1 aromatic rings. The SMILES string of the molecule is CNC1CC(C)NC(Nc2cc3c(c(C4=CCN[C@@H](C)CC4)c2Cl)OCCO3)N1. The van der Waals surface area contributed by atoms with Gasteiger partial charge < -0.3 is 25.4 Å². The molecule has 3 heterocycles. The van der Waals surface area contributed by atoms with Crippen molar-refractivity contribution >= 4 is 22.9 Å². The van der Waals surface area contributed by atoms with Gasteiger partial charge in [-0.1, -0.05) is 17.7 Å². The van der Waals surface area contributed by atoms with E-state index in [1.807, 2.05) is 13.1 Å². The van der Waals surface area contributed by atoms with Crippen LogP contribution in [-0.2, 0) is 0 Å². The second-order valence-corrected chi connectivity index (χ2v) is 8.48. The first-order valence-corrected chi connectivity index (χ1v) is 10.9. The molecule has 8 heteroatoms. The van der Waals surface area contributed by atoms with Gasteiger partial charge in [-0.05, 0) is 45.7 Å². The van der Waals surface area contributed by atoms with Crippen LogP contribution in [0.5, 0.6) is 11.5 Å². The van der Waals surface area contributed by atoms with E-state index in [-0.39, 0.29) is 12.5 Å². The molecule has 0 aromatic heterocycles. The standard InChI is InChI=1S/C21H32ClN5O2/c1-12-4-5-14(6-7-24-12)18-19(22)15(11-16-20(18)29-9-8-28-16)26-21-25-13(2)10-17(23-3)27-21/h6,11-13,17,21,23-27H,4-5,7-10H2,1-3H3/t12-,13?,17?,21?/m0/s1. The predicted octanol–water partition coefficient (Wildman–Crippen LogP) is 2.48. The minimum Gasteiger partial charge on any atom is -0.486 e. The third-order valence-electron chi connectivity index (χ3n) is 5.81. The van der Waals surface area contributed by atoms with Crippen molar-refractivity contribution in [3.05, 3.63) is 22.7 Å². The van der Waals surface area contributed by atoms with Crippen LogP contribution in [0.4, 0.5) is 5.69 Å². The summed E-state index contributed by atoms with van der Waals surface area (Å²) in [4.78, 5) is 0. The first-order chi connectivity index (χ1) is 14.0. The van der Waals surface area contributed by atoms with E-state index in [1.165, 1.54) is 5.57 Å². The van der Waals surface area contributed by atoms with Gasteiger partial charge in [0.2, 0.25) is 0 Å². The van der Waals surface area contributed by atoms with Crippen molar-refractivity contribution in [1.82, 2.24) is 21.3 Å². The van der Waals surface area contributed by atoms with E-state index in [0.29, 0.717) is 30.3 Å². The van der Waals surface area contributed by atoms with Crippen LogP contribution in [0.1, 0.15) is 38.7 Å². The first-order valence-electron chi connectivity index (χ1n) is 10.6. The molecular formula is C21H32ClN5O2. The molecule has 1 saturated heterocycles. The van der Waals surface area contributed by atoms with Gasteiger partial charge in [-0.15, -0.1) is 0 Å². The number of ether oxygens (including phenoxy) is 2. The number of hydrogen-bond donors (Lipinski definition) is 5. The molecule has 0 radical (unpaired) electrons. The highest BCUT2D eigenvalue weighted by molar-refractivity contribution is 6.35. The largest absolute Gasteiger partial charge is 0.486 e. The second-order valence-electron chi connectivity index (χ2n) is 8.10. The normalized spacial score (nSPS) is 29.7. The van der Waals surface area contributed by atoms with Crippen molar-refractivity contribution in [2.75, 3.05) is 32.1 Å². The number of fused-ring (bicyclic) bond motifs is 1. The number of anilines is 1. The van der Waals surface area contributed by atoms with Crippen molar-refractivity contribution in [2.24, 2.45) is 0 Å². The van der Waals surface area contributed by atoms with Gasteiger partial charge >= 0.3 is 0 Å². The van der Waals surface area contributed by atoms with Gasteiger partial charge in [-0.25, -0.2) is 0 Å². The highest BCUT2D eigenvalue weighted by atomic mass is 35.5. The van der Waals surface area contributed by atoms with E-state index in [2.05, 4.69) is 46.5 Å². The Balaban J connectivity index is 1.67. The molecule has 29 heavy (non-hydrogen) atoms. The average molecular weight is 422 g/mol. The van der Waals surface area contributed by atoms with Crippen molar-refractivity contribution < 1.29 is 9.47 Å². The number of hydrogen-bond acceptors (Lipinski definition) is 7. The third kappa shape index (κ3) is 4.64. The Morgan fingerprint density at radius 1 is 1.14 bits per heavy atom. The molecule has 3 aliphatic rings. The highest BCUT2D eigenvalue weighted by Crippen LogP contribution is 2.47. The van der Waals surface area contributed by atoms with Crippen molar-refractivity contribution in [3.8, 4) is 11.5 Å². The molecule has 0 bridgehead atoms. The summed E-state index contributed by atoms with van der Waals surface area (Å²) >= 11 is 6.96. The summed E-state index contributed by atoms with van der Waals surface area (Å²) < 4.78 is 11.9. The van der Waals surface area contributed by atoms with Crippen LogP contribution in [0.25, 0.3) is 5.57 Å². The molecule has 1 fully saturated rings. The van der Waals surface area contributed by atoms with E-state index in [0.717, 1.165) is 48.6 Å². The Morgan fingerprint density at radius 3 is 2.79 bits per heavy atom. The van der Waals surface area contributed by atoms with Crippen LogP contribution in [-0.4, -0.2) is 51.3 Å². The molecule has 5 N–H and O–H groups in total. The minimum atomic E-state index is -0.103. The van der Waals surface area contributed by atoms with Crippen LogP contribution in [0.3, 0.4) is 0 Å². The van der Waals surface area contributed by atoms with Crippen LogP contribution < -0.4 is 36.1 Å². The van der Waals surface area contributed by atoms with Gasteiger partial charge in [-0.2, -0.15) is 0 Å². The lowest BCUT2D eigenvalue weighted by Gasteiger charge is -2.37. The summed E-state index contributed by atoms with van der Waals surface area (Å²) in [6, 6.07) is 2.81. The molecule has 3 aliphatic heterocycles. The zero-order chi connectivity index (χ0) is 20.4. The van der Waals surface area contributed by atoms with Gasteiger partial charge in [0.05, 0.1) is 16.9 Å². The number of benzene rings is 1. The summed E-state index contributed by atoms with van der Waals surface area (Å²) in [7, 11) is 1.97. The molecule has 0 amide bonds. The molecule has 0 spiro atoms. The Kier molecular flexibility index (Phi) is 6.51. The summed E-state index contributed by atoms with van der Waals surface area (Å²) in [5.74, 6) is 1.51. The lowest BCUT2D eigenvalue weighted by molar-refractivity contribution is 0.171. The quantitative estimate of drug-likeness (QED) is 0.511. The van der Waals surface area contributed by atoms with Crippen LogP contribution in [0.2, 0.25) is 5.02 Å². The molecule has 4 atom stereocenters. The average Bonchev–Trinajstić information content (AvgIpc) is 2.92. The van der Waals surface area contributed by atoms with Gasteiger partial charge in [0.25, 0.3) is 0 Å². The fourth-order valence-electron chi connectivity index (χ4n) is 4.21. The van der Waals surface area contributed by atoms with E-state index in [4.69, 9.17) is 21.1 Å². The van der Waals surface area contributed by atoms with Gasteiger partial charge in [0.15, 0.2) is 11.5 Å². The first kappa shape index (κ1) is 20.8. The number of allylic oxidation sites excluding steroid dienone is 1. The maximum Gasteiger partial charge on any atom is 0.170 e. The molecule has 7 nitrogen and oxygen atoms in total. The lowest BCUT2D eigenvalue weighted by Crippen LogP contribution is -2.63. The fourth-order valence-corrected chi connectivity index (χ4v) is 4.52. The molecule has 4 rings (SSSR count). The number of rotatable bonds is 4. The Morgan fingerprint density at radius 2 is 1.97 bits per heavy atom. The summed E-state index contributed by atoms with van der Waals surface area (Å²) in [5.41, 5.74) is 3.01. The second kappa shape index (κ2) is 9.10. The number of nitrogens with one attached hydrogen (secondary N) is 5. The van der Waals surface area contributed by atoms with E-state index < -0.39 is 0 Å². The topological polar surface area (TPSA) is 78.6 Å². The Labute approximate surface area is 177 Å². The van der Waals surface area contributed by atoms with E-state index in [1.54, 1.807) is 0 Å². The minimum absolute atomic E-state index is 0.103. The zero-order valence-corrected chi connectivity index (χ0v) is 18.2. The van der Waals surface area contributed by atoms with E-state index >= 15 is 0 Å². The van der Waals surface area contributed by atoms with Gasteiger partial charge in [-0.3, -0.25) is 10.6 Å². The maximum absolute atomic E-state index is 6.96. The zero-order valence-electron chi connectivity index (χ0n) is 17.4. The molecular weight excluding hydrogens is 390 g/mol. The van der Waals surface area contributed by atoms with E-state index in [9.17, 15) is 0 Å². The van der Waals surface area contributed by atoms with Gasteiger partial charge in [0.1, 0.15) is 19.5 Å². The van der Waals surface area contributed by atoms with Gasteiger partial charge in [0, 0.05) is 30.3 Å². The van der Waals surface area contributed by atoms with Crippen LogP contribution in [0, 0.1) is 0 Å². The highest BCUT2D eigenvalue weighted by Gasteiger charge is 2.28. The summed E-state index contributed by atoms with van der Waals surface area (Å²) in [6.07, 6.45) is 5.37. The molecule has 1 aromatic carbocycles. The molecule has 160 valence electrons. The third-order valence-corrected chi connectivity index (χ3v) is 6.20. The predicted molar refractivity (Wildman–Crippen MR) is 118 cm³/mol. The molecule has 0 aliphatic carbocycles. The molecule has 0 saturated carbocycles. The Bertz CT molecular complexity index is 772. The van der Waals surface area contributed by atoms with Crippen molar-refractivity contribution in [1.29, 1.82) is 0 Å². The summed E-state index contributed by atoms with van der Waals surface area (Å²) in [5, 5.41) is 18.1. The monoisotopic (exact) mass is 421 g/mol. The lowest BCUT2D eigenvalue weighted by atomic mass is 9.97. The molecule has 3 unspecified atom stereocenters. The summed E-state index contributed by atoms with van der Waals surface area (Å²) in [6.45, 7) is 6.31. The maximum atomic E-state index is 6.96. The number of halogens is 1. The van der Waals surface area contributed by atoms with Crippen molar-refractivity contribution in [2.45, 2.75) is 57.6 Å². The Hall–Kier alpha value is -1.51. The van der Waals surface area contributed by atoms with Crippen LogP contribution in [0.15, 0.2) is 12.1 Å².